The van der Waals surface area contributed by atoms with Crippen LogP contribution >= 0.6 is 0 Å². The number of aromatic hydroxyl groups is 1. The largest absolute Gasteiger partial charge is 0.508 e. The molecule has 0 saturated heterocycles. The molecule has 0 saturated carbocycles. The third kappa shape index (κ3) is 3.36. The highest BCUT2D eigenvalue weighted by atomic mass is 16.3. The fraction of sp³-hybridized carbons (Fsp3) is 0.125. The predicted octanol–water partition coefficient (Wildman–Crippen LogP) is 2.56. The first-order valence-electron chi connectivity index (χ1n) is 6.25. The molecule has 0 fully saturated rings. The van der Waals surface area contributed by atoms with Crippen molar-refractivity contribution in [2.45, 2.75) is 6.42 Å². The Morgan fingerprint density at radius 3 is 2.35 bits per heavy atom. The minimum Gasteiger partial charge on any atom is -0.508 e. The number of phenolic OH excluding ortho intramolecular Hbond substituents is 1. The van der Waals surface area contributed by atoms with E-state index in [1.807, 2.05) is 36.5 Å². The van der Waals surface area contributed by atoms with Gasteiger partial charge in [-0.3, -0.25) is 4.79 Å². The van der Waals surface area contributed by atoms with E-state index in [0.29, 0.717) is 18.5 Å². The lowest BCUT2D eigenvalue weighted by molar-refractivity contribution is 0.0833. The molecule has 0 bridgehead atoms. The molecule has 2 rings (SSSR count). The number of carbonyl (C=O) groups is 1. The van der Waals surface area contributed by atoms with Gasteiger partial charge in [0.25, 0.3) is 5.91 Å². The average Bonchev–Trinajstić information content (AvgIpc) is 2.49. The van der Waals surface area contributed by atoms with Gasteiger partial charge < -0.3 is 5.11 Å². The summed E-state index contributed by atoms with van der Waals surface area (Å²) >= 11 is 0. The molecule has 4 heteroatoms. The van der Waals surface area contributed by atoms with Crippen molar-refractivity contribution in [1.82, 2.24) is 4.90 Å². The van der Waals surface area contributed by atoms with E-state index in [0.717, 1.165) is 10.5 Å². The molecule has 2 aromatic rings. The van der Waals surface area contributed by atoms with Crippen molar-refractivity contribution in [3.63, 3.8) is 0 Å². The SMILES string of the molecule is N#CN(CCc1ccccc1)C(=O)c1ccc(O)cc1. The maximum atomic E-state index is 12.1. The highest BCUT2D eigenvalue weighted by Crippen LogP contribution is 2.12. The average molecular weight is 266 g/mol. The molecule has 0 aliphatic heterocycles. The zero-order valence-corrected chi connectivity index (χ0v) is 10.9. The minimum atomic E-state index is -0.358. The molecule has 4 nitrogen and oxygen atoms in total. The van der Waals surface area contributed by atoms with Crippen molar-refractivity contribution >= 4 is 5.91 Å². The van der Waals surface area contributed by atoms with E-state index in [4.69, 9.17) is 5.26 Å². The van der Waals surface area contributed by atoms with Crippen molar-refractivity contribution in [3.05, 3.63) is 65.7 Å². The molecule has 0 aromatic heterocycles. The molecule has 0 atom stereocenters. The monoisotopic (exact) mass is 266 g/mol. The van der Waals surface area contributed by atoms with Crippen molar-refractivity contribution in [2.24, 2.45) is 0 Å². The second kappa shape index (κ2) is 6.39. The summed E-state index contributed by atoms with van der Waals surface area (Å²) in [4.78, 5) is 13.3. The highest BCUT2D eigenvalue weighted by molar-refractivity contribution is 5.95. The molecule has 0 aliphatic rings. The normalized spacial score (nSPS) is 9.75. The zero-order chi connectivity index (χ0) is 14.4. The second-order valence-electron chi connectivity index (χ2n) is 4.34. The van der Waals surface area contributed by atoms with Crippen molar-refractivity contribution in [2.75, 3.05) is 6.54 Å². The van der Waals surface area contributed by atoms with Gasteiger partial charge in [0.05, 0.1) is 0 Å². The van der Waals surface area contributed by atoms with Crippen LogP contribution in [-0.2, 0) is 6.42 Å². The lowest BCUT2D eigenvalue weighted by Gasteiger charge is -2.13. The van der Waals surface area contributed by atoms with Crippen LogP contribution in [0.1, 0.15) is 15.9 Å². The number of phenols is 1. The summed E-state index contributed by atoms with van der Waals surface area (Å²) in [5, 5.41) is 18.3. The molecule has 100 valence electrons. The summed E-state index contributed by atoms with van der Waals surface area (Å²) in [6.45, 7) is 0.334. The number of rotatable bonds is 4. The number of nitriles is 1. The molecule has 20 heavy (non-hydrogen) atoms. The van der Waals surface area contributed by atoms with Crippen LogP contribution in [0.3, 0.4) is 0 Å². The van der Waals surface area contributed by atoms with E-state index in [2.05, 4.69) is 0 Å². The smallest absolute Gasteiger partial charge is 0.266 e. The fourth-order valence-electron chi connectivity index (χ4n) is 1.84. The van der Waals surface area contributed by atoms with Crippen molar-refractivity contribution in [1.29, 1.82) is 5.26 Å². The quantitative estimate of drug-likeness (QED) is 0.683. The van der Waals surface area contributed by atoms with Crippen molar-refractivity contribution in [3.8, 4) is 11.9 Å². The Hall–Kier alpha value is -2.80. The minimum absolute atomic E-state index is 0.0920. The summed E-state index contributed by atoms with van der Waals surface area (Å²) in [6, 6.07) is 15.6. The van der Waals surface area contributed by atoms with Crippen LogP contribution in [0.25, 0.3) is 0 Å². The first kappa shape index (κ1) is 13.6. The zero-order valence-electron chi connectivity index (χ0n) is 10.9. The van der Waals surface area contributed by atoms with Crippen LogP contribution in [0.2, 0.25) is 0 Å². The molecular weight excluding hydrogens is 252 g/mol. The number of hydrogen-bond donors (Lipinski definition) is 1. The molecule has 1 amide bonds. The number of nitrogens with zero attached hydrogens (tertiary/aromatic N) is 2. The molecular formula is C16H14N2O2. The molecule has 0 aliphatic carbocycles. The van der Waals surface area contributed by atoms with E-state index in [1.54, 1.807) is 0 Å². The summed E-state index contributed by atoms with van der Waals surface area (Å²) < 4.78 is 0. The van der Waals surface area contributed by atoms with Crippen LogP contribution in [0, 0.1) is 11.5 Å². The molecule has 0 spiro atoms. The van der Waals surface area contributed by atoms with E-state index < -0.39 is 0 Å². The Morgan fingerprint density at radius 1 is 1.10 bits per heavy atom. The fourth-order valence-corrected chi connectivity index (χ4v) is 1.84. The van der Waals surface area contributed by atoms with Gasteiger partial charge in [0.15, 0.2) is 6.19 Å². The van der Waals surface area contributed by atoms with Gasteiger partial charge in [-0.15, -0.1) is 0 Å². The first-order valence-corrected chi connectivity index (χ1v) is 6.25. The van der Waals surface area contributed by atoms with Gasteiger partial charge in [0.2, 0.25) is 0 Å². The first-order chi connectivity index (χ1) is 9.70. The van der Waals surface area contributed by atoms with Gasteiger partial charge in [-0.25, -0.2) is 4.90 Å². The molecule has 0 unspecified atom stereocenters. The number of carbonyl (C=O) groups excluding carboxylic acids is 1. The van der Waals surface area contributed by atoms with Gasteiger partial charge in [0, 0.05) is 12.1 Å². The number of hydrogen-bond acceptors (Lipinski definition) is 3. The third-order valence-electron chi connectivity index (χ3n) is 2.95. The van der Waals surface area contributed by atoms with E-state index in [9.17, 15) is 9.90 Å². The predicted molar refractivity (Wildman–Crippen MR) is 74.9 cm³/mol. The van der Waals surface area contributed by atoms with Crippen LogP contribution in [0.15, 0.2) is 54.6 Å². The third-order valence-corrected chi connectivity index (χ3v) is 2.95. The highest BCUT2D eigenvalue weighted by Gasteiger charge is 2.15. The topological polar surface area (TPSA) is 64.3 Å². The van der Waals surface area contributed by atoms with E-state index in [-0.39, 0.29) is 11.7 Å². The molecule has 0 radical (unpaired) electrons. The standard InChI is InChI=1S/C16H14N2O2/c17-12-18(11-10-13-4-2-1-3-5-13)16(20)14-6-8-15(19)9-7-14/h1-9,19H,10-11H2. The van der Waals surface area contributed by atoms with Crippen LogP contribution in [-0.4, -0.2) is 22.5 Å². The Balaban J connectivity index is 2.03. The maximum absolute atomic E-state index is 12.1. The Bertz CT molecular complexity index is 615. The van der Waals surface area contributed by atoms with Gasteiger partial charge in [-0.2, -0.15) is 5.26 Å². The molecule has 2 aromatic carbocycles. The summed E-state index contributed by atoms with van der Waals surface area (Å²) in [5.74, 6) is -0.266. The lowest BCUT2D eigenvalue weighted by Crippen LogP contribution is -2.28. The Kier molecular flexibility index (Phi) is 4.35. The summed E-state index contributed by atoms with van der Waals surface area (Å²) in [6.07, 6.45) is 2.53. The van der Waals surface area contributed by atoms with E-state index >= 15 is 0 Å². The maximum Gasteiger partial charge on any atom is 0.266 e. The van der Waals surface area contributed by atoms with Gasteiger partial charge >= 0.3 is 0 Å². The summed E-state index contributed by atoms with van der Waals surface area (Å²) in [7, 11) is 0. The van der Waals surface area contributed by atoms with Crippen LogP contribution in [0.5, 0.6) is 5.75 Å². The lowest BCUT2D eigenvalue weighted by atomic mass is 10.1. The van der Waals surface area contributed by atoms with Gasteiger partial charge in [-0.1, -0.05) is 30.3 Å². The van der Waals surface area contributed by atoms with Crippen LogP contribution in [0.4, 0.5) is 0 Å². The Morgan fingerprint density at radius 2 is 1.75 bits per heavy atom. The van der Waals surface area contributed by atoms with Gasteiger partial charge in [0.1, 0.15) is 5.75 Å². The number of amides is 1. The number of benzene rings is 2. The van der Waals surface area contributed by atoms with Crippen LogP contribution < -0.4 is 0 Å². The second-order valence-corrected chi connectivity index (χ2v) is 4.34. The molecule has 1 N–H and O–H groups in total. The molecule has 0 heterocycles. The van der Waals surface area contributed by atoms with Crippen molar-refractivity contribution < 1.29 is 9.90 Å². The van der Waals surface area contributed by atoms with E-state index in [1.165, 1.54) is 24.3 Å². The van der Waals surface area contributed by atoms with Gasteiger partial charge in [-0.05, 0) is 36.2 Å². The Labute approximate surface area is 117 Å². The summed E-state index contributed by atoms with van der Waals surface area (Å²) in [5.41, 5.74) is 1.46.